The smallest absolute Gasteiger partial charge is 0.161 e. The number of ether oxygens (including phenoxy) is 2. The predicted molar refractivity (Wildman–Crippen MR) is 102 cm³/mol. The van der Waals surface area contributed by atoms with Crippen molar-refractivity contribution in [3.8, 4) is 17.1 Å². The largest absolute Gasteiger partial charge is 0.496 e. The van der Waals surface area contributed by atoms with Crippen molar-refractivity contribution in [1.29, 1.82) is 0 Å². The molecule has 1 aliphatic rings. The van der Waals surface area contributed by atoms with Crippen LogP contribution >= 0.6 is 0 Å². The molecular weight excluding hydrogens is 370 g/mol. The second kappa shape index (κ2) is 8.20. The maximum absolute atomic E-state index is 11.8. The molecule has 1 saturated heterocycles. The summed E-state index contributed by atoms with van der Waals surface area (Å²) < 4.78 is 34.2. The van der Waals surface area contributed by atoms with E-state index in [1.165, 1.54) is 13.4 Å². The summed E-state index contributed by atoms with van der Waals surface area (Å²) in [4.78, 5) is 11.1. The molecule has 1 N–H and O–H groups in total. The fourth-order valence-electron chi connectivity index (χ4n) is 2.95. The SMILES string of the molecule is COc1ccc(-c2nc(CS(C)(=O)=O)cc(N3CCOCC3)n2)cc1CO. The molecule has 0 saturated carbocycles. The lowest BCUT2D eigenvalue weighted by molar-refractivity contribution is 0.122. The molecule has 0 atom stereocenters. The number of benzene rings is 1. The minimum atomic E-state index is -3.24. The van der Waals surface area contributed by atoms with Crippen molar-refractivity contribution in [1.82, 2.24) is 9.97 Å². The van der Waals surface area contributed by atoms with Gasteiger partial charge in [-0.2, -0.15) is 0 Å². The first kappa shape index (κ1) is 19.5. The summed E-state index contributed by atoms with van der Waals surface area (Å²) in [6.07, 6.45) is 1.18. The summed E-state index contributed by atoms with van der Waals surface area (Å²) in [6, 6.07) is 7.00. The van der Waals surface area contributed by atoms with Gasteiger partial charge in [0.25, 0.3) is 0 Å². The van der Waals surface area contributed by atoms with E-state index in [1.54, 1.807) is 24.3 Å². The molecule has 2 aromatic rings. The zero-order chi connectivity index (χ0) is 19.4. The minimum Gasteiger partial charge on any atom is -0.496 e. The van der Waals surface area contributed by atoms with Crippen LogP contribution in [0.15, 0.2) is 24.3 Å². The summed E-state index contributed by atoms with van der Waals surface area (Å²) in [5.41, 5.74) is 1.73. The Bertz CT molecular complexity index is 911. The van der Waals surface area contributed by atoms with E-state index in [4.69, 9.17) is 9.47 Å². The van der Waals surface area contributed by atoms with Crippen LogP contribution < -0.4 is 9.64 Å². The second-order valence-corrected chi connectivity index (χ2v) is 8.54. The zero-order valence-electron chi connectivity index (χ0n) is 15.4. The lowest BCUT2D eigenvalue weighted by Crippen LogP contribution is -2.37. The number of aliphatic hydroxyl groups is 1. The van der Waals surface area contributed by atoms with Gasteiger partial charge < -0.3 is 19.5 Å². The third-order valence-corrected chi connectivity index (χ3v) is 5.04. The molecule has 0 radical (unpaired) electrons. The Kier molecular flexibility index (Phi) is 5.93. The third-order valence-electron chi connectivity index (χ3n) is 4.22. The molecule has 0 unspecified atom stereocenters. The highest BCUT2D eigenvalue weighted by molar-refractivity contribution is 7.89. The Morgan fingerprint density at radius 3 is 2.59 bits per heavy atom. The lowest BCUT2D eigenvalue weighted by Gasteiger charge is -2.28. The molecule has 2 heterocycles. The van der Waals surface area contributed by atoms with Crippen LogP contribution in [0.3, 0.4) is 0 Å². The fourth-order valence-corrected chi connectivity index (χ4v) is 3.64. The fraction of sp³-hybridized carbons (Fsp3) is 0.444. The van der Waals surface area contributed by atoms with Crippen LogP contribution in [0.2, 0.25) is 0 Å². The number of aliphatic hydroxyl groups excluding tert-OH is 1. The van der Waals surface area contributed by atoms with Crippen LogP contribution in [-0.2, 0) is 26.9 Å². The average molecular weight is 393 g/mol. The van der Waals surface area contributed by atoms with Gasteiger partial charge in [-0.1, -0.05) is 0 Å². The van der Waals surface area contributed by atoms with Crippen LogP contribution in [0.4, 0.5) is 5.82 Å². The van der Waals surface area contributed by atoms with E-state index in [9.17, 15) is 13.5 Å². The normalized spacial score (nSPS) is 15.0. The Balaban J connectivity index is 2.06. The third kappa shape index (κ3) is 4.94. The van der Waals surface area contributed by atoms with Crippen molar-refractivity contribution in [2.75, 3.05) is 44.6 Å². The first-order valence-electron chi connectivity index (χ1n) is 8.56. The highest BCUT2D eigenvalue weighted by Crippen LogP contribution is 2.27. The van der Waals surface area contributed by atoms with E-state index in [2.05, 4.69) is 14.9 Å². The molecule has 146 valence electrons. The number of sulfone groups is 1. The van der Waals surface area contributed by atoms with Gasteiger partial charge in [0, 0.05) is 36.5 Å². The predicted octanol–water partition coefficient (Wildman–Crippen LogP) is 1.03. The van der Waals surface area contributed by atoms with Gasteiger partial charge in [-0.25, -0.2) is 18.4 Å². The van der Waals surface area contributed by atoms with Gasteiger partial charge >= 0.3 is 0 Å². The molecule has 1 aromatic heterocycles. The number of aromatic nitrogens is 2. The quantitative estimate of drug-likeness (QED) is 0.776. The van der Waals surface area contributed by atoms with Crippen molar-refractivity contribution >= 4 is 15.7 Å². The first-order chi connectivity index (χ1) is 12.9. The van der Waals surface area contributed by atoms with Crippen molar-refractivity contribution in [2.45, 2.75) is 12.4 Å². The Morgan fingerprint density at radius 1 is 1.22 bits per heavy atom. The van der Waals surface area contributed by atoms with Crippen LogP contribution in [0.25, 0.3) is 11.4 Å². The van der Waals surface area contributed by atoms with Gasteiger partial charge in [-0.05, 0) is 18.2 Å². The number of hydrogen-bond donors (Lipinski definition) is 1. The van der Waals surface area contributed by atoms with E-state index in [1.807, 2.05) is 0 Å². The minimum absolute atomic E-state index is 0.164. The second-order valence-electron chi connectivity index (χ2n) is 6.40. The highest BCUT2D eigenvalue weighted by atomic mass is 32.2. The molecular formula is C18H23N3O5S. The summed E-state index contributed by atoms with van der Waals surface area (Å²) in [6.45, 7) is 2.37. The topological polar surface area (TPSA) is 102 Å². The summed E-state index contributed by atoms with van der Waals surface area (Å²) >= 11 is 0. The maximum Gasteiger partial charge on any atom is 0.161 e. The number of morpholine rings is 1. The van der Waals surface area contributed by atoms with E-state index < -0.39 is 9.84 Å². The first-order valence-corrected chi connectivity index (χ1v) is 10.6. The van der Waals surface area contributed by atoms with Gasteiger partial charge in [-0.15, -0.1) is 0 Å². The number of rotatable bonds is 6. The average Bonchev–Trinajstić information content (AvgIpc) is 2.66. The maximum atomic E-state index is 11.8. The molecule has 0 amide bonds. The van der Waals surface area contributed by atoms with Crippen LogP contribution in [0.5, 0.6) is 5.75 Å². The highest BCUT2D eigenvalue weighted by Gasteiger charge is 2.18. The van der Waals surface area contributed by atoms with Gasteiger partial charge in [0.2, 0.25) is 0 Å². The van der Waals surface area contributed by atoms with Gasteiger partial charge in [0.05, 0.1) is 38.4 Å². The lowest BCUT2D eigenvalue weighted by atomic mass is 10.1. The monoisotopic (exact) mass is 393 g/mol. The molecule has 1 fully saturated rings. The van der Waals surface area contributed by atoms with Crippen molar-refractivity contribution in [2.24, 2.45) is 0 Å². The molecule has 0 spiro atoms. The van der Waals surface area contributed by atoms with Gasteiger partial charge in [0.1, 0.15) is 11.6 Å². The summed E-state index contributed by atoms with van der Waals surface area (Å²) in [5.74, 6) is 1.49. The van der Waals surface area contributed by atoms with E-state index >= 15 is 0 Å². The number of anilines is 1. The van der Waals surface area contributed by atoms with Crippen LogP contribution in [0, 0.1) is 0 Å². The Labute approximate surface area is 158 Å². The van der Waals surface area contributed by atoms with Crippen molar-refractivity contribution in [3.05, 3.63) is 35.5 Å². The van der Waals surface area contributed by atoms with E-state index in [-0.39, 0.29) is 12.4 Å². The van der Waals surface area contributed by atoms with Gasteiger partial charge in [0.15, 0.2) is 15.7 Å². The van der Waals surface area contributed by atoms with Crippen molar-refractivity contribution < 1.29 is 23.0 Å². The number of hydrogen-bond acceptors (Lipinski definition) is 8. The van der Waals surface area contributed by atoms with E-state index in [0.29, 0.717) is 60.5 Å². The van der Waals surface area contributed by atoms with Crippen LogP contribution in [-0.4, -0.2) is 63.2 Å². The molecule has 8 nitrogen and oxygen atoms in total. The van der Waals surface area contributed by atoms with Gasteiger partial charge in [-0.3, -0.25) is 0 Å². The summed E-state index contributed by atoms with van der Waals surface area (Å²) in [7, 11) is -1.70. The number of nitrogens with zero attached hydrogens (tertiary/aromatic N) is 3. The van der Waals surface area contributed by atoms with E-state index in [0.717, 1.165) is 0 Å². The molecule has 1 aromatic carbocycles. The molecule has 3 rings (SSSR count). The Hall–Kier alpha value is -2.23. The standard InChI is InChI=1S/C18H23N3O5S/c1-25-16-4-3-13(9-14(16)11-22)18-19-15(12-27(2,23)24)10-17(20-18)21-5-7-26-8-6-21/h3-4,9-10,22H,5-8,11-12H2,1-2H3. The Morgan fingerprint density at radius 2 is 1.96 bits per heavy atom. The molecule has 0 bridgehead atoms. The summed E-state index contributed by atoms with van der Waals surface area (Å²) in [5, 5.41) is 9.56. The molecule has 9 heteroatoms. The van der Waals surface area contributed by atoms with Crippen LogP contribution in [0.1, 0.15) is 11.3 Å². The molecule has 0 aliphatic carbocycles. The molecule has 27 heavy (non-hydrogen) atoms. The van der Waals surface area contributed by atoms with Crippen molar-refractivity contribution in [3.63, 3.8) is 0 Å². The zero-order valence-corrected chi connectivity index (χ0v) is 16.2. The molecule has 1 aliphatic heterocycles. The number of methoxy groups -OCH3 is 1.